The van der Waals surface area contributed by atoms with Crippen molar-refractivity contribution in [3.8, 4) is 0 Å². The third kappa shape index (κ3) is 2.39. The Morgan fingerprint density at radius 1 is 1.50 bits per heavy atom. The second kappa shape index (κ2) is 4.84. The van der Waals surface area contributed by atoms with E-state index in [0.717, 1.165) is 30.6 Å². The number of hydrogen-bond donors (Lipinski definition) is 1. The van der Waals surface area contributed by atoms with Crippen LogP contribution in [0.1, 0.15) is 18.4 Å². The lowest BCUT2D eigenvalue weighted by Crippen LogP contribution is -2.41. The van der Waals surface area contributed by atoms with Gasteiger partial charge in [-0.25, -0.2) is 0 Å². The molecule has 1 fully saturated rings. The van der Waals surface area contributed by atoms with Gasteiger partial charge in [0.05, 0.1) is 11.6 Å². The second-order valence-electron chi connectivity index (χ2n) is 4.98. The molecule has 2 N–H and O–H groups in total. The number of piperidine rings is 1. The summed E-state index contributed by atoms with van der Waals surface area (Å²) < 4.78 is 1.57. The summed E-state index contributed by atoms with van der Waals surface area (Å²) in [5.74, 6) is -0.322. The second-order valence-corrected chi connectivity index (χ2v) is 4.98. The largest absolute Gasteiger partial charge is 0.369 e. The van der Waals surface area contributed by atoms with Gasteiger partial charge < -0.3 is 15.2 Å². The Kier molecular flexibility index (Phi) is 3.41. The molecule has 98 valence electrons. The Morgan fingerprint density at radius 3 is 2.89 bits per heavy atom. The Balaban J connectivity index is 2.28. The van der Waals surface area contributed by atoms with Crippen LogP contribution in [0.15, 0.2) is 17.1 Å². The van der Waals surface area contributed by atoms with Crippen LogP contribution < -0.4 is 16.2 Å². The van der Waals surface area contributed by atoms with Gasteiger partial charge in [-0.3, -0.25) is 9.59 Å². The number of nitrogens with zero attached hydrogens (tertiary/aromatic N) is 2. The zero-order valence-electron chi connectivity index (χ0n) is 10.8. The number of amides is 1. The zero-order chi connectivity index (χ0) is 13.3. The molecular weight excluding hydrogens is 230 g/mol. The number of anilines is 1. The fraction of sp³-hybridized carbons (Fsp3) is 0.538. The van der Waals surface area contributed by atoms with E-state index in [-0.39, 0.29) is 17.4 Å². The summed E-state index contributed by atoms with van der Waals surface area (Å²) in [4.78, 5) is 24.9. The van der Waals surface area contributed by atoms with Crippen LogP contribution in [-0.4, -0.2) is 23.6 Å². The highest BCUT2D eigenvalue weighted by molar-refractivity contribution is 5.77. The molecule has 1 aromatic heterocycles. The number of pyridine rings is 1. The van der Waals surface area contributed by atoms with E-state index in [9.17, 15) is 9.59 Å². The molecule has 2 rings (SSSR count). The van der Waals surface area contributed by atoms with Gasteiger partial charge in [0.2, 0.25) is 5.91 Å². The molecule has 1 aromatic rings. The zero-order valence-corrected chi connectivity index (χ0v) is 10.8. The van der Waals surface area contributed by atoms with E-state index in [0.29, 0.717) is 6.54 Å². The summed E-state index contributed by atoms with van der Waals surface area (Å²) in [6, 6.07) is 1.63. The smallest absolute Gasteiger partial charge is 0.250 e. The van der Waals surface area contributed by atoms with Gasteiger partial charge in [0.15, 0.2) is 0 Å². The molecule has 0 spiro atoms. The number of primary amides is 1. The molecule has 1 unspecified atom stereocenters. The van der Waals surface area contributed by atoms with E-state index in [4.69, 9.17) is 5.73 Å². The standard InChI is InChI=1S/C13H19N3O2/c1-9-6-12(17)15(2)8-11(9)16-5-3-4-10(7-16)13(14)18/h6,8,10H,3-5,7H2,1-2H3,(H2,14,18). The summed E-state index contributed by atoms with van der Waals surface area (Å²) in [7, 11) is 1.74. The Labute approximate surface area is 106 Å². The minimum atomic E-state index is -0.234. The fourth-order valence-corrected chi connectivity index (χ4v) is 2.47. The Hall–Kier alpha value is -1.78. The van der Waals surface area contributed by atoms with Crippen molar-refractivity contribution >= 4 is 11.6 Å². The van der Waals surface area contributed by atoms with Crippen LogP contribution in [0, 0.1) is 12.8 Å². The van der Waals surface area contributed by atoms with Crippen molar-refractivity contribution in [1.29, 1.82) is 0 Å². The number of rotatable bonds is 2. The lowest BCUT2D eigenvalue weighted by atomic mass is 9.97. The van der Waals surface area contributed by atoms with E-state index in [1.165, 1.54) is 0 Å². The predicted molar refractivity (Wildman–Crippen MR) is 70.6 cm³/mol. The maximum atomic E-state index is 11.5. The van der Waals surface area contributed by atoms with Crippen molar-refractivity contribution in [2.75, 3.05) is 18.0 Å². The molecule has 1 aliphatic rings. The first kappa shape index (κ1) is 12.7. The monoisotopic (exact) mass is 249 g/mol. The molecule has 1 aliphatic heterocycles. The normalized spacial score (nSPS) is 19.9. The lowest BCUT2D eigenvalue weighted by Gasteiger charge is -2.34. The van der Waals surface area contributed by atoms with Crippen molar-refractivity contribution < 1.29 is 4.79 Å². The molecule has 0 bridgehead atoms. The molecule has 0 aromatic carbocycles. The van der Waals surface area contributed by atoms with E-state index in [1.54, 1.807) is 17.7 Å². The summed E-state index contributed by atoms with van der Waals surface area (Å²) in [5, 5.41) is 0. The average Bonchev–Trinajstić information content (AvgIpc) is 2.34. The summed E-state index contributed by atoms with van der Waals surface area (Å²) in [6.07, 6.45) is 3.65. The van der Waals surface area contributed by atoms with E-state index in [2.05, 4.69) is 4.90 Å². The minimum absolute atomic E-state index is 0.0142. The first-order valence-electron chi connectivity index (χ1n) is 6.20. The fourth-order valence-electron chi connectivity index (χ4n) is 2.47. The first-order chi connectivity index (χ1) is 8.49. The molecule has 1 saturated heterocycles. The van der Waals surface area contributed by atoms with E-state index >= 15 is 0 Å². The van der Waals surface area contributed by atoms with Crippen molar-refractivity contribution in [2.24, 2.45) is 18.7 Å². The van der Waals surface area contributed by atoms with Crippen molar-refractivity contribution in [3.05, 3.63) is 28.2 Å². The van der Waals surface area contributed by atoms with Crippen LogP contribution in [0.4, 0.5) is 5.69 Å². The number of aromatic nitrogens is 1. The third-order valence-corrected chi connectivity index (χ3v) is 3.57. The minimum Gasteiger partial charge on any atom is -0.369 e. The maximum Gasteiger partial charge on any atom is 0.250 e. The molecule has 2 heterocycles. The number of aryl methyl sites for hydroxylation is 2. The van der Waals surface area contributed by atoms with Gasteiger partial charge in [-0.05, 0) is 25.3 Å². The number of carbonyl (C=O) groups excluding carboxylic acids is 1. The van der Waals surface area contributed by atoms with Crippen LogP contribution >= 0.6 is 0 Å². The van der Waals surface area contributed by atoms with Crippen LogP contribution in [0.3, 0.4) is 0 Å². The molecular formula is C13H19N3O2. The van der Waals surface area contributed by atoms with Gasteiger partial charge in [0, 0.05) is 32.4 Å². The lowest BCUT2D eigenvalue weighted by molar-refractivity contribution is -0.122. The van der Waals surface area contributed by atoms with Crippen LogP contribution in [-0.2, 0) is 11.8 Å². The molecule has 0 saturated carbocycles. The molecule has 0 radical (unpaired) electrons. The first-order valence-corrected chi connectivity index (χ1v) is 6.20. The number of carbonyl (C=O) groups is 1. The quantitative estimate of drug-likeness (QED) is 0.824. The Bertz CT molecular complexity index is 521. The number of nitrogens with two attached hydrogens (primary N) is 1. The van der Waals surface area contributed by atoms with Crippen LogP contribution in [0.2, 0.25) is 0 Å². The SMILES string of the molecule is Cc1cc(=O)n(C)cc1N1CCCC(C(N)=O)C1. The highest BCUT2D eigenvalue weighted by Crippen LogP contribution is 2.24. The van der Waals surface area contributed by atoms with Crippen molar-refractivity contribution in [3.63, 3.8) is 0 Å². The van der Waals surface area contributed by atoms with Gasteiger partial charge in [-0.15, -0.1) is 0 Å². The molecule has 18 heavy (non-hydrogen) atoms. The number of hydrogen-bond acceptors (Lipinski definition) is 3. The van der Waals surface area contributed by atoms with Gasteiger partial charge >= 0.3 is 0 Å². The molecule has 5 heteroatoms. The van der Waals surface area contributed by atoms with Crippen LogP contribution in [0.5, 0.6) is 0 Å². The van der Waals surface area contributed by atoms with Gasteiger partial charge in [-0.1, -0.05) is 0 Å². The average molecular weight is 249 g/mol. The summed E-state index contributed by atoms with van der Waals surface area (Å²) in [6.45, 7) is 3.47. The third-order valence-electron chi connectivity index (χ3n) is 3.57. The van der Waals surface area contributed by atoms with Gasteiger partial charge in [0.25, 0.3) is 5.56 Å². The summed E-state index contributed by atoms with van der Waals surface area (Å²) in [5.41, 5.74) is 7.33. The van der Waals surface area contributed by atoms with Gasteiger partial charge in [-0.2, -0.15) is 0 Å². The van der Waals surface area contributed by atoms with E-state index in [1.807, 2.05) is 13.1 Å². The van der Waals surface area contributed by atoms with Gasteiger partial charge in [0.1, 0.15) is 0 Å². The summed E-state index contributed by atoms with van der Waals surface area (Å²) >= 11 is 0. The predicted octanol–water partition coefficient (Wildman–Crippen LogP) is 0.395. The topological polar surface area (TPSA) is 68.3 Å². The highest BCUT2D eigenvalue weighted by Gasteiger charge is 2.25. The highest BCUT2D eigenvalue weighted by atomic mass is 16.1. The molecule has 5 nitrogen and oxygen atoms in total. The Morgan fingerprint density at radius 2 is 2.22 bits per heavy atom. The molecule has 1 atom stereocenters. The molecule has 0 aliphatic carbocycles. The van der Waals surface area contributed by atoms with Crippen LogP contribution in [0.25, 0.3) is 0 Å². The van der Waals surface area contributed by atoms with E-state index < -0.39 is 0 Å². The molecule has 1 amide bonds. The maximum absolute atomic E-state index is 11.5. The van der Waals surface area contributed by atoms with Crippen molar-refractivity contribution in [1.82, 2.24) is 4.57 Å². The van der Waals surface area contributed by atoms with Crippen molar-refractivity contribution in [2.45, 2.75) is 19.8 Å².